The Morgan fingerprint density at radius 3 is 2.75 bits per heavy atom. The van der Waals surface area contributed by atoms with E-state index in [2.05, 4.69) is 5.32 Å². The average Bonchev–Trinajstić information content (AvgIpc) is 2.66. The van der Waals surface area contributed by atoms with Gasteiger partial charge in [-0.1, -0.05) is 18.6 Å². The fourth-order valence-corrected chi connectivity index (χ4v) is 4.48. The molecular weight excluding hydrogens is 276 g/mol. The quantitative estimate of drug-likeness (QED) is 0.914. The molecule has 1 unspecified atom stereocenters. The molecule has 1 N–H and O–H groups in total. The number of rotatable bonds is 3. The third-order valence-electron chi connectivity index (χ3n) is 4.01. The van der Waals surface area contributed by atoms with Gasteiger partial charge in [0.1, 0.15) is 4.90 Å². The van der Waals surface area contributed by atoms with Crippen molar-refractivity contribution in [1.29, 1.82) is 0 Å². The molecule has 6 heteroatoms. The maximum atomic E-state index is 12.4. The average molecular weight is 294 g/mol. The fourth-order valence-electron chi connectivity index (χ4n) is 2.90. The van der Waals surface area contributed by atoms with Gasteiger partial charge in [-0.15, -0.1) is 0 Å². The summed E-state index contributed by atoms with van der Waals surface area (Å²) in [5, 5.41) is 3.37. The second-order valence-electron chi connectivity index (χ2n) is 5.31. The van der Waals surface area contributed by atoms with Gasteiger partial charge in [-0.3, -0.25) is 4.79 Å². The molecule has 1 aromatic rings. The fraction of sp³-hybridized carbons (Fsp3) is 0.500. The molecule has 1 amide bonds. The first kappa shape index (κ1) is 13.6. The van der Waals surface area contributed by atoms with Gasteiger partial charge in [0.2, 0.25) is 0 Å². The third-order valence-corrected chi connectivity index (χ3v) is 5.85. The number of sulfonamides is 1. The molecule has 1 atom stereocenters. The largest absolute Gasteiger partial charge is 0.314 e. The molecule has 0 spiro atoms. The minimum Gasteiger partial charge on any atom is -0.314 e. The van der Waals surface area contributed by atoms with Crippen LogP contribution in [0.2, 0.25) is 0 Å². The van der Waals surface area contributed by atoms with Crippen molar-refractivity contribution in [3.63, 3.8) is 0 Å². The number of hydrogen-bond acceptors (Lipinski definition) is 4. The van der Waals surface area contributed by atoms with Crippen LogP contribution in [0.4, 0.5) is 0 Å². The summed E-state index contributed by atoms with van der Waals surface area (Å²) >= 11 is 0. The van der Waals surface area contributed by atoms with Crippen LogP contribution < -0.4 is 5.32 Å². The summed E-state index contributed by atoms with van der Waals surface area (Å²) in [5.74, 6) is -0.392. The van der Waals surface area contributed by atoms with Crippen LogP contribution in [-0.2, 0) is 10.0 Å². The van der Waals surface area contributed by atoms with Gasteiger partial charge >= 0.3 is 0 Å². The molecule has 1 saturated heterocycles. The summed E-state index contributed by atoms with van der Waals surface area (Å²) in [5.41, 5.74) is 0.295. The SMILES string of the molecule is O=C1c2ccccc2S(=O)(=O)N1CCC1CCCCN1. The zero-order chi connectivity index (χ0) is 14.2. The second kappa shape index (κ2) is 5.18. The molecule has 0 aliphatic carbocycles. The molecule has 0 aromatic heterocycles. The number of amides is 1. The number of carbonyl (C=O) groups excluding carboxylic acids is 1. The standard InChI is InChI=1S/C14H18N2O3S/c17-14-12-6-1-2-7-13(12)20(18,19)16(14)10-8-11-5-3-4-9-15-11/h1-2,6-7,11,15H,3-5,8-10H2. The van der Waals surface area contributed by atoms with Gasteiger partial charge in [0.15, 0.2) is 0 Å². The van der Waals surface area contributed by atoms with Gasteiger partial charge in [0.05, 0.1) is 5.56 Å². The van der Waals surface area contributed by atoms with Crippen LogP contribution in [0.25, 0.3) is 0 Å². The van der Waals surface area contributed by atoms with Crippen molar-refractivity contribution in [2.75, 3.05) is 13.1 Å². The van der Waals surface area contributed by atoms with Crippen LogP contribution in [0.3, 0.4) is 0 Å². The second-order valence-corrected chi connectivity index (χ2v) is 7.14. The number of nitrogens with zero attached hydrogens (tertiary/aromatic N) is 1. The van der Waals surface area contributed by atoms with Gasteiger partial charge in [0, 0.05) is 12.6 Å². The Bertz CT molecular complexity index is 621. The first-order valence-corrected chi connectivity index (χ1v) is 8.44. The van der Waals surface area contributed by atoms with E-state index in [-0.39, 0.29) is 11.4 Å². The van der Waals surface area contributed by atoms with E-state index in [1.165, 1.54) is 18.9 Å². The van der Waals surface area contributed by atoms with Crippen molar-refractivity contribution in [1.82, 2.24) is 9.62 Å². The Morgan fingerprint density at radius 1 is 1.25 bits per heavy atom. The third kappa shape index (κ3) is 2.23. The van der Waals surface area contributed by atoms with Crippen molar-refractivity contribution in [3.05, 3.63) is 29.8 Å². The van der Waals surface area contributed by atoms with Crippen LogP contribution in [0.15, 0.2) is 29.2 Å². The van der Waals surface area contributed by atoms with Crippen molar-refractivity contribution in [2.24, 2.45) is 0 Å². The number of piperidine rings is 1. The highest BCUT2D eigenvalue weighted by Gasteiger charge is 2.40. The number of nitrogens with one attached hydrogen (secondary N) is 1. The van der Waals surface area contributed by atoms with E-state index >= 15 is 0 Å². The summed E-state index contributed by atoms with van der Waals surface area (Å²) < 4.78 is 25.7. The first-order valence-electron chi connectivity index (χ1n) is 7.00. The molecule has 1 aromatic carbocycles. The number of hydrogen-bond donors (Lipinski definition) is 1. The van der Waals surface area contributed by atoms with Crippen LogP contribution in [0.5, 0.6) is 0 Å². The summed E-state index contributed by atoms with van der Waals surface area (Å²) in [7, 11) is -3.64. The lowest BCUT2D eigenvalue weighted by atomic mass is 10.0. The molecule has 0 bridgehead atoms. The van der Waals surface area contributed by atoms with Crippen molar-refractivity contribution in [2.45, 2.75) is 36.6 Å². The molecule has 1 fully saturated rings. The van der Waals surface area contributed by atoms with E-state index in [0.717, 1.165) is 17.3 Å². The molecule has 2 heterocycles. The van der Waals surface area contributed by atoms with E-state index in [0.29, 0.717) is 18.0 Å². The predicted octanol–water partition coefficient (Wildman–Crippen LogP) is 1.36. The maximum Gasteiger partial charge on any atom is 0.269 e. The molecule has 3 rings (SSSR count). The molecule has 0 radical (unpaired) electrons. The van der Waals surface area contributed by atoms with Gasteiger partial charge in [-0.25, -0.2) is 12.7 Å². The Balaban J connectivity index is 1.76. The van der Waals surface area contributed by atoms with Crippen molar-refractivity contribution >= 4 is 15.9 Å². The van der Waals surface area contributed by atoms with Gasteiger partial charge < -0.3 is 5.32 Å². The number of carbonyl (C=O) groups is 1. The normalized spacial score (nSPS) is 24.7. The number of fused-ring (bicyclic) bond motifs is 1. The van der Waals surface area contributed by atoms with E-state index in [4.69, 9.17) is 0 Å². The van der Waals surface area contributed by atoms with Crippen LogP contribution in [0.1, 0.15) is 36.0 Å². The Kier molecular flexibility index (Phi) is 3.52. The van der Waals surface area contributed by atoms with Crippen LogP contribution in [0, 0.1) is 0 Å². The lowest BCUT2D eigenvalue weighted by Crippen LogP contribution is -2.39. The van der Waals surface area contributed by atoms with Crippen molar-refractivity contribution < 1.29 is 13.2 Å². The topological polar surface area (TPSA) is 66.5 Å². The van der Waals surface area contributed by atoms with Crippen LogP contribution in [-0.4, -0.2) is 37.8 Å². The molecular formula is C14H18N2O3S. The highest BCUT2D eigenvalue weighted by atomic mass is 32.2. The van der Waals surface area contributed by atoms with E-state index < -0.39 is 15.9 Å². The molecule has 5 nitrogen and oxygen atoms in total. The zero-order valence-corrected chi connectivity index (χ0v) is 12.0. The lowest BCUT2D eigenvalue weighted by Gasteiger charge is -2.25. The van der Waals surface area contributed by atoms with E-state index in [9.17, 15) is 13.2 Å². The summed E-state index contributed by atoms with van der Waals surface area (Å²) in [6.07, 6.45) is 4.06. The monoisotopic (exact) mass is 294 g/mol. The molecule has 2 aliphatic rings. The van der Waals surface area contributed by atoms with Gasteiger partial charge in [-0.05, 0) is 37.9 Å². The molecule has 20 heavy (non-hydrogen) atoms. The minimum absolute atomic E-state index is 0.140. The molecule has 108 valence electrons. The molecule has 0 saturated carbocycles. The Hall–Kier alpha value is -1.40. The van der Waals surface area contributed by atoms with E-state index in [1.807, 2.05) is 0 Å². The summed E-state index contributed by atoms with van der Waals surface area (Å²) in [6.45, 7) is 1.24. The minimum atomic E-state index is -3.64. The smallest absolute Gasteiger partial charge is 0.269 e. The maximum absolute atomic E-state index is 12.4. The lowest BCUT2D eigenvalue weighted by molar-refractivity contribution is 0.0866. The Labute approximate surface area is 119 Å². The van der Waals surface area contributed by atoms with Gasteiger partial charge in [-0.2, -0.15) is 0 Å². The van der Waals surface area contributed by atoms with Crippen LogP contribution >= 0.6 is 0 Å². The highest BCUT2D eigenvalue weighted by Crippen LogP contribution is 2.30. The first-order chi connectivity index (χ1) is 9.60. The highest BCUT2D eigenvalue weighted by molar-refractivity contribution is 7.90. The molecule has 2 aliphatic heterocycles. The Morgan fingerprint density at radius 2 is 2.05 bits per heavy atom. The summed E-state index contributed by atoms with van der Waals surface area (Å²) in [4.78, 5) is 12.4. The summed E-state index contributed by atoms with van der Waals surface area (Å²) in [6, 6.07) is 6.74. The number of benzene rings is 1. The predicted molar refractivity (Wildman–Crippen MR) is 74.9 cm³/mol. The zero-order valence-electron chi connectivity index (χ0n) is 11.2. The van der Waals surface area contributed by atoms with Gasteiger partial charge in [0.25, 0.3) is 15.9 Å². The van der Waals surface area contributed by atoms with Crippen molar-refractivity contribution in [3.8, 4) is 0 Å². The van der Waals surface area contributed by atoms with E-state index in [1.54, 1.807) is 18.2 Å².